The zero-order valence-corrected chi connectivity index (χ0v) is 18.1. The Hall–Kier alpha value is -2.86. The Morgan fingerprint density at radius 2 is 1.71 bits per heavy atom. The van der Waals surface area contributed by atoms with Gasteiger partial charge in [0.1, 0.15) is 5.54 Å². The third kappa shape index (κ3) is 3.69. The van der Waals surface area contributed by atoms with E-state index in [1.165, 1.54) is 0 Å². The number of aliphatic hydroxyl groups is 1. The highest BCUT2D eigenvalue weighted by Crippen LogP contribution is 2.42. The van der Waals surface area contributed by atoms with Crippen LogP contribution in [0.3, 0.4) is 0 Å². The number of anilines is 1. The number of nitrogens with zero attached hydrogens (tertiary/aromatic N) is 3. The maximum atomic E-state index is 13.4. The van der Waals surface area contributed by atoms with Crippen molar-refractivity contribution in [3.63, 3.8) is 0 Å². The molecule has 1 aliphatic carbocycles. The van der Waals surface area contributed by atoms with Crippen LogP contribution in [-0.4, -0.2) is 50.2 Å². The number of hydrogen-bond donors (Lipinski definition) is 2. The van der Waals surface area contributed by atoms with Crippen LogP contribution in [0.15, 0.2) is 60.9 Å². The van der Waals surface area contributed by atoms with E-state index in [1.807, 2.05) is 73.6 Å². The number of imidazole rings is 1. The molecule has 5 rings (SSSR count). The molecule has 6 nitrogen and oxygen atoms in total. The van der Waals surface area contributed by atoms with Crippen molar-refractivity contribution in [2.24, 2.45) is 11.8 Å². The fourth-order valence-corrected chi connectivity index (χ4v) is 5.45. The van der Waals surface area contributed by atoms with E-state index in [2.05, 4.69) is 20.9 Å². The molecular formula is C25H30N4O2. The predicted octanol–water partition coefficient (Wildman–Crippen LogP) is 3.70. The third-order valence-electron chi connectivity index (χ3n) is 7.00. The molecule has 2 aromatic carbocycles. The summed E-state index contributed by atoms with van der Waals surface area (Å²) in [7, 11) is 0. The summed E-state index contributed by atoms with van der Waals surface area (Å²) in [6, 6.07) is 17.9. The first-order valence-corrected chi connectivity index (χ1v) is 11.1. The lowest BCUT2D eigenvalue weighted by atomic mass is 9.77. The van der Waals surface area contributed by atoms with Gasteiger partial charge in [0.05, 0.1) is 29.5 Å². The number of fused-ring (bicyclic) bond motifs is 2. The quantitative estimate of drug-likeness (QED) is 0.678. The number of para-hydroxylation sites is 3. The van der Waals surface area contributed by atoms with E-state index in [1.54, 1.807) is 0 Å². The summed E-state index contributed by atoms with van der Waals surface area (Å²) in [5.74, 6) is 0.855. The number of carbonyl (C=O) groups is 1. The molecule has 3 aromatic rings. The van der Waals surface area contributed by atoms with Crippen molar-refractivity contribution in [1.29, 1.82) is 0 Å². The minimum Gasteiger partial charge on any atom is -0.391 e. The van der Waals surface area contributed by atoms with Gasteiger partial charge in [0.15, 0.2) is 0 Å². The molecular weight excluding hydrogens is 388 g/mol. The molecule has 2 N–H and O–H groups in total. The average Bonchev–Trinajstić information content (AvgIpc) is 3.36. The van der Waals surface area contributed by atoms with Crippen molar-refractivity contribution in [3.8, 4) is 0 Å². The largest absolute Gasteiger partial charge is 0.391 e. The van der Waals surface area contributed by atoms with Gasteiger partial charge < -0.3 is 19.9 Å². The fourth-order valence-electron chi connectivity index (χ4n) is 5.45. The summed E-state index contributed by atoms with van der Waals surface area (Å²) in [5.41, 5.74) is 2.27. The van der Waals surface area contributed by atoms with Gasteiger partial charge in [-0.05, 0) is 62.8 Å². The molecule has 2 heterocycles. The summed E-state index contributed by atoms with van der Waals surface area (Å²) in [5, 5.41) is 14.3. The number of nitrogens with one attached hydrogen (secondary N) is 1. The van der Waals surface area contributed by atoms with Gasteiger partial charge in [0, 0.05) is 18.8 Å². The number of hydrogen-bond acceptors (Lipinski definition) is 4. The minimum atomic E-state index is -0.687. The molecule has 1 saturated heterocycles. The van der Waals surface area contributed by atoms with Crippen molar-refractivity contribution in [2.45, 2.75) is 44.4 Å². The van der Waals surface area contributed by atoms with Crippen LogP contribution in [0.4, 0.5) is 5.69 Å². The Balaban J connectivity index is 1.31. The van der Waals surface area contributed by atoms with Crippen molar-refractivity contribution in [3.05, 3.63) is 60.9 Å². The molecule has 1 aliphatic heterocycles. The predicted molar refractivity (Wildman–Crippen MR) is 122 cm³/mol. The highest BCUT2D eigenvalue weighted by Gasteiger charge is 2.46. The number of benzene rings is 2. The number of carbonyl (C=O) groups excluding carboxylic acids is 1. The minimum absolute atomic E-state index is 0.000781. The summed E-state index contributed by atoms with van der Waals surface area (Å²) in [4.78, 5) is 19.9. The van der Waals surface area contributed by atoms with Crippen LogP contribution in [0.5, 0.6) is 0 Å². The Morgan fingerprint density at radius 1 is 1.03 bits per heavy atom. The monoisotopic (exact) mass is 418 g/mol. The standard InChI is InChI=1S/C25H30N4O2/c1-25(2,27-19-8-4-3-5-9-19)24(31)28-14-17-12-22(23(30)13-18(17)15-28)29-16-26-20-10-6-7-11-21(20)29/h3-11,16-18,22-23,27,30H,12-15H2,1-2H3/t17-,18+,22-,23-/m1/s1. The first-order chi connectivity index (χ1) is 14.9. The van der Waals surface area contributed by atoms with E-state index >= 15 is 0 Å². The summed E-state index contributed by atoms with van der Waals surface area (Å²) >= 11 is 0. The van der Waals surface area contributed by atoms with Crippen LogP contribution in [-0.2, 0) is 4.79 Å². The molecule has 0 bridgehead atoms. The molecule has 1 saturated carbocycles. The maximum absolute atomic E-state index is 13.4. The second-order valence-corrected chi connectivity index (χ2v) is 9.59. The Bertz CT molecular complexity index is 1080. The molecule has 0 unspecified atom stereocenters. The van der Waals surface area contributed by atoms with Crippen LogP contribution < -0.4 is 5.32 Å². The zero-order chi connectivity index (χ0) is 21.6. The van der Waals surface area contributed by atoms with Gasteiger partial charge in [-0.25, -0.2) is 4.98 Å². The van der Waals surface area contributed by atoms with Gasteiger partial charge in [-0.3, -0.25) is 4.79 Å². The topological polar surface area (TPSA) is 70.4 Å². The molecule has 6 heteroatoms. The summed E-state index contributed by atoms with van der Waals surface area (Å²) in [6.45, 7) is 5.36. The second kappa shape index (κ2) is 7.68. The van der Waals surface area contributed by atoms with Gasteiger partial charge >= 0.3 is 0 Å². The Labute approximate surface area is 182 Å². The lowest BCUT2D eigenvalue weighted by molar-refractivity contribution is -0.134. The van der Waals surface area contributed by atoms with E-state index in [0.717, 1.165) is 42.7 Å². The van der Waals surface area contributed by atoms with E-state index in [-0.39, 0.29) is 11.9 Å². The molecule has 2 aliphatic rings. The SMILES string of the molecule is CC(C)(Nc1ccccc1)C(=O)N1C[C@H]2C[C@@H](n3cnc4ccccc43)[C@H](O)C[C@H]2C1. The van der Waals surface area contributed by atoms with E-state index in [4.69, 9.17) is 0 Å². The number of aliphatic hydroxyl groups excluding tert-OH is 1. The number of amides is 1. The van der Waals surface area contributed by atoms with Gasteiger partial charge in [0.2, 0.25) is 5.91 Å². The van der Waals surface area contributed by atoms with Crippen molar-refractivity contribution < 1.29 is 9.90 Å². The van der Waals surface area contributed by atoms with Crippen LogP contribution >= 0.6 is 0 Å². The second-order valence-electron chi connectivity index (χ2n) is 9.59. The van der Waals surface area contributed by atoms with Gasteiger partial charge in [0.25, 0.3) is 0 Å². The Morgan fingerprint density at radius 3 is 2.48 bits per heavy atom. The molecule has 1 amide bonds. The van der Waals surface area contributed by atoms with Gasteiger partial charge in [-0.1, -0.05) is 30.3 Å². The van der Waals surface area contributed by atoms with Gasteiger partial charge in [-0.2, -0.15) is 0 Å². The van der Waals surface area contributed by atoms with Gasteiger partial charge in [-0.15, -0.1) is 0 Å². The van der Waals surface area contributed by atoms with Crippen molar-refractivity contribution in [1.82, 2.24) is 14.5 Å². The van der Waals surface area contributed by atoms with Crippen molar-refractivity contribution >= 4 is 22.6 Å². The molecule has 4 atom stereocenters. The third-order valence-corrected chi connectivity index (χ3v) is 7.00. The van der Waals surface area contributed by atoms with E-state index in [0.29, 0.717) is 11.8 Å². The Kier molecular flexibility index (Phi) is 4.97. The van der Waals surface area contributed by atoms with E-state index < -0.39 is 11.6 Å². The van der Waals surface area contributed by atoms with Crippen LogP contribution in [0, 0.1) is 11.8 Å². The molecule has 162 valence electrons. The van der Waals surface area contributed by atoms with Crippen LogP contribution in [0.25, 0.3) is 11.0 Å². The molecule has 2 fully saturated rings. The number of rotatable bonds is 4. The number of likely N-dealkylation sites (tertiary alicyclic amines) is 1. The molecule has 1 aromatic heterocycles. The normalized spacial score (nSPS) is 26.1. The summed E-state index contributed by atoms with van der Waals surface area (Å²) < 4.78 is 2.13. The lowest BCUT2D eigenvalue weighted by Gasteiger charge is -2.36. The van der Waals surface area contributed by atoms with Crippen LogP contribution in [0.2, 0.25) is 0 Å². The fraction of sp³-hybridized carbons (Fsp3) is 0.440. The van der Waals surface area contributed by atoms with E-state index in [9.17, 15) is 9.90 Å². The zero-order valence-electron chi connectivity index (χ0n) is 18.1. The first kappa shape index (κ1) is 20.1. The smallest absolute Gasteiger partial charge is 0.247 e. The molecule has 0 radical (unpaired) electrons. The number of aromatic nitrogens is 2. The average molecular weight is 419 g/mol. The lowest BCUT2D eigenvalue weighted by Crippen LogP contribution is -2.49. The van der Waals surface area contributed by atoms with Crippen LogP contribution in [0.1, 0.15) is 32.7 Å². The highest BCUT2D eigenvalue weighted by atomic mass is 16.3. The first-order valence-electron chi connectivity index (χ1n) is 11.1. The molecule has 31 heavy (non-hydrogen) atoms. The maximum Gasteiger partial charge on any atom is 0.247 e. The molecule has 0 spiro atoms. The van der Waals surface area contributed by atoms with Crippen molar-refractivity contribution in [2.75, 3.05) is 18.4 Å². The summed E-state index contributed by atoms with van der Waals surface area (Å²) in [6.07, 6.45) is 3.01. The highest BCUT2D eigenvalue weighted by molar-refractivity contribution is 5.88.